The topological polar surface area (TPSA) is 43.4 Å². The van der Waals surface area contributed by atoms with Gasteiger partial charge in [-0.3, -0.25) is 9.59 Å². The fourth-order valence-electron chi connectivity index (χ4n) is 2.42. The van der Waals surface area contributed by atoms with Gasteiger partial charge in [-0.05, 0) is 24.0 Å². The maximum absolute atomic E-state index is 12.9. The van der Waals surface area contributed by atoms with Gasteiger partial charge in [0.1, 0.15) is 5.33 Å². The lowest BCUT2D eigenvalue weighted by Crippen LogP contribution is -2.20. The van der Waals surface area contributed by atoms with E-state index in [1.807, 2.05) is 36.4 Å². The number of halogens is 1. The van der Waals surface area contributed by atoms with Crippen LogP contribution in [-0.2, 0) is 22.4 Å². The molecule has 0 aliphatic rings. The number of carbonyl (C=O) groups is 2. The summed E-state index contributed by atoms with van der Waals surface area (Å²) >= 11 is 3.08. The van der Waals surface area contributed by atoms with Crippen molar-refractivity contribution in [3.05, 3.63) is 70.8 Å². The molecule has 0 spiro atoms. The molecular formula is C20H21BrO3. The van der Waals surface area contributed by atoms with Crippen molar-refractivity contribution >= 4 is 27.7 Å². The summed E-state index contributed by atoms with van der Waals surface area (Å²) in [5.41, 5.74) is 3.56. The van der Waals surface area contributed by atoms with Crippen molar-refractivity contribution in [1.82, 2.24) is 0 Å². The third-order valence-corrected chi connectivity index (χ3v) is 4.39. The Morgan fingerprint density at radius 2 is 1.42 bits per heavy atom. The zero-order valence-corrected chi connectivity index (χ0v) is 15.5. The highest BCUT2D eigenvalue weighted by Gasteiger charge is 2.25. The molecule has 0 radical (unpaired) electrons. The molecule has 2 aromatic rings. The summed E-state index contributed by atoms with van der Waals surface area (Å²) in [6.45, 7) is 4.13. The van der Waals surface area contributed by atoms with Crippen LogP contribution in [0.5, 0.6) is 0 Å². The zero-order chi connectivity index (χ0) is 17.5. The van der Waals surface area contributed by atoms with Gasteiger partial charge in [0, 0.05) is 11.1 Å². The number of hydrogen-bond donors (Lipinski definition) is 0. The van der Waals surface area contributed by atoms with Crippen LogP contribution < -0.4 is 0 Å². The number of ketones is 1. The summed E-state index contributed by atoms with van der Waals surface area (Å²) in [6.07, 6.45) is 0.904. The molecule has 0 fully saturated rings. The quantitative estimate of drug-likeness (QED) is 0.393. The SMILES string of the molecule is CCc1ccc(C(=O)C(OC(=O)CBr)c2ccc(CC)cc2)cc1. The monoisotopic (exact) mass is 388 g/mol. The Hall–Kier alpha value is -1.94. The maximum Gasteiger partial charge on any atom is 0.317 e. The van der Waals surface area contributed by atoms with E-state index in [2.05, 4.69) is 29.8 Å². The van der Waals surface area contributed by atoms with E-state index in [-0.39, 0.29) is 11.1 Å². The lowest BCUT2D eigenvalue weighted by Gasteiger charge is -2.17. The molecule has 24 heavy (non-hydrogen) atoms. The summed E-state index contributed by atoms with van der Waals surface area (Å²) in [5.74, 6) is -0.672. The summed E-state index contributed by atoms with van der Waals surface area (Å²) in [7, 11) is 0. The predicted octanol–water partition coefficient (Wildman–Crippen LogP) is 4.67. The van der Waals surface area contributed by atoms with Gasteiger partial charge in [0.15, 0.2) is 6.10 Å². The molecule has 0 heterocycles. The van der Waals surface area contributed by atoms with Gasteiger partial charge < -0.3 is 4.74 Å². The molecule has 1 unspecified atom stereocenters. The van der Waals surface area contributed by atoms with E-state index in [0.717, 1.165) is 18.4 Å². The largest absolute Gasteiger partial charge is 0.448 e. The van der Waals surface area contributed by atoms with Crippen LogP contribution >= 0.6 is 15.9 Å². The van der Waals surface area contributed by atoms with Crippen LogP contribution in [0.25, 0.3) is 0 Å². The zero-order valence-electron chi connectivity index (χ0n) is 13.9. The average molecular weight is 389 g/mol. The molecular weight excluding hydrogens is 368 g/mol. The maximum atomic E-state index is 12.9. The number of benzene rings is 2. The Kier molecular flexibility index (Phi) is 6.73. The molecule has 4 heteroatoms. The van der Waals surface area contributed by atoms with Gasteiger partial charge in [-0.25, -0.2) is 0 Å². The van der Waals surface area contributed by atoms with Crippen LogP contribution in [-0.4, -0.2) is 17.1 Å². The molecule has 0 saturated carbocycles. The minimum Gasteiger partial charge on any atom is -0.448 e. The van der Waals surface area contributed by atoms with E-state index >= 15 is 0 Å². The van der Waals surface area contributed by atoms with Crippen molar-refractivity contribution in [2.45, 2.75) is 32.8 Å². The summed E-state index contributed by atoms with van der Waals surface area (Å²) in [6, 6.07) is 15.0. The molecule has 0 aromatic heterocycles. The standard InChI is InChI=1S/C20H21BrO3/c1-3-14-5-9-16(10-6-14)19(23)20(24-18(22)13-21)17-11-7-15(4-2)8-12-17/h5-12,20H,3-4,13H2,1-2H3. The number of hydrogen-bond acceptors (Lipinski definition) is 3. The molecule has 2 rings (SSSR count). The molecule has 0 amide bonds. The first-order valence-electron chi connectivity index (χ1n) is 8.06. The Labute approximate surface area is 151 Å². The first kappa shape index (κ1) is 18.4. The van der Waals surface area contributed by atoms with E-state index in [9.17, 15) is 9.59 Å². The van der Waals surface area contributed by atoms with Crippen LogP contribution in [0.1, 0.15) is 47.0 Å². The number of esters is 1. The molecule has 0 aliphatic carbocycles. The van der Waals surface area contributed by atoms with Crippen molar-refractivity contribution in [2.75, 3.05) is 5.33 Å². The van der Waals surface area contributed by atoms with Gasteiger partial charge in [0.2, 0.25) is 5.78 Å². The second-order valence-corrected chi connectivity index (χ2v) is 6.07. The summed E-state index contributed by atoms with van der Waals surface area (Å²) in [4.78, 5) is 24.6. The molecule has 0 saturated heterocycles. The van der Waals surface area contributed by atoms with Crippen molar-refractivity contribution in [3.8, 4) is 0 Å². The van der Waals surface area contributed by atoms with Crippen molar-refractivity contribution in [1.29, 1.82) is 0 Å². The van der Waals surface area contributed by atoms with Crippen LogP contribution in [0, 0.1) is 0 Å². The second kappa shape index (κ2) is 8.78. The molecule has 0 bridgehead atoms. The van der Waals surface area contributed by atoms with Crippen LogP contribution in [0.3, 0.4) is 0 Å². The van der Waals surface area contributed by atoms with E-state index in [0.29, 0.717) is 11.1 Å². The fourth-order valence-corrected chi connectivity index (χ4v) is 2.55. The smallest absolute Gasteiger partial charge is 0.317 e. The Morgan fingerprint density at radius 1 is 0.917 bits per heavy atom. The van der Waals surface area contributed by atoms with E-state index in [1.54, 1.807) is 12.1 Å². The normalized spacial score (nSPS) is 11.8. The van der Waals surface area contributed by atoms with Gasteiger partial charge >= 0.3 is 5.97 Å². The van der Waals surface area contributed by atoms with Gasteiger partial charge in [0.25, 0.3) is 0 Å². The Balaban J connectivity index is 2.32. The van der Waals surface area contributed by atoms with Gasteiger partial charge in [-0.15, -0.1) is 0 Å². The predicted molar refractivity (Wildman–Crippen MR) is 98.6 cm³/mol. The highest BCUT2D eigenvalue weighted by molar-refractivity contribution is 9.09. The minimum atomic E-state index is -0.923. The second-order valence-electron chi connectivity index (χ2n) is 5.51. The van der Waals surface area contributed by atoms with Crippen molar-refractivity contribution in [2.24, 2.45) is 0 Å². The van der Waals surface area contributed by atoms with Crippen molar-refractivity contribution in [3.63, 3.8) is 0 Å². The minimum absolute atomic E-state index is 0.0542. The molecule has 126 valence electrons. The highest BCUT2D eigenvalue weighted by Crippen LogP contribution is 2.24. The summed E-state index contributed by atoms with van der Waals surface area (Å²) < 4.78 is 5.40. The first-order valence-corrected chi connectivity index (χ1v) is 9.18. The molecule has 1 atom stereocenters. The highest BCUT2D eigenvalue weighted by atomic mass is 79.9. The summed E-state index contributed by atoms with van der Waals surface area (Å²) in [5, 5.41) is 0.0542. The lowest BCUT2D eigenvalue weighted by molar-refractivity contribution is -0.143. The molecule has 0 N–H and O–H groups in total. The number of rotatable bonds is 7. The van der Waals surface area contributed by atoms with Crippen molar-refractivity contribution < 1.29 is 14.3 Å². The molecule has 0 aliphatic heterocycles. The molecule has 3 nitrogen and oxygen atoms in total. The number of Topliss-reactive ketones (excluding diaryl/α,β-unsaturated/α-hetero) is 1. The van der Waals surface area contributed by atoms with Gasteiger partial charge in [0.05, 0.1) is 0 Å². The van der Waals surface area contributed by atoms with Crippen LogP contribution in [0.15, 0.2) is 48.5 Å². The van der Waals surface area contributed by atoms with Gasteiger partial charge in [-0.2, -0.15) is 0 Å². The third kappa shape index (κ3) is 4.54. The third-order valence-electron chi connectivity index (χ3n) is 3.93. The Bertz CT molecular complexity index is 690. The Morgan fingerprint density at radius 3 is 1.88 bits per heavy atom. The van der Waals surface area contributed by atoms with E-state index in [4.69, 9.17) is 4.74 Å². The van der Waals surface area contributed by atoms with Crippen LogP contribution in [0.4, 0.5) is 0 Å². The van der Waals surface area contributed by atoms with Gasteiger partial charge in [-0.1, -0.05) is 78.3 Å². The number of ether oxygens (including phenoxy) is 1. The average Bonchev–Trinajstić information content (AvgIpc) is 2.65. The molecule has 2 aromatic carbocycles. The lowest BCUT2D eigenvalue weighted by atomic mass is 9.97. The van der Waals surface area contributed by atoms with Crippen LogP contribution in [0.2, 0.25) is 0 Å². The number of alkyl halides is 1. The number of aryl methyl sites for hydroxylation is 2. The first-order chi connectivity index (χ1) is 11.6. The fraction of sp³-hybridized carbons (Fsp3) is 0.300. The van der Waals surface area contributed by atoms with E-state index in [1.165, 1.54) is 5.56 Å². The number of carbonyl (C=O) groups excluding carboxylic acids is 2. The van der Waals surface area contributed by atoms with E-state index < -0.39 is 12.1 Å².